The number of amides is 1. The van der Waals surface area contributed by atoms with E-state index in [2.05, 4.69) is 18.5 Å². The fourth-order valence-corrected chi connectivity index (χ4v) is 1.67. The maximum atomic E-state index is 10.8. The van der Waals surface area contributed by atoms with Crippen molar-refractivity contribution in [3.05, 3.63) is 42.5 Å². The first-order chi connectivity index (χ1) is 8.58. The monoisotopic (exact) mass is 245 g/mol. The second-order valence-electron chi connectivity index (χ2n) is 3.99. The number of ether oxygens (including phenoxy) is 1. The van der Waals surface area contributed by atoms with Gasteiger partial charge in [0.15, 0.2) is 0 Å². The average molecular weight is 245 g/mol. The molecule has 0 aliphatic carbocycles. The standard InChI is InChI=1S/C15H19NO2/c1-5-13-6-7-14(18-4)10-15(13)11(2)8-9-16-12(3)17/h5-7,10H,1-2,8-9H2,3-4H3,(H,16,17). The highest BCUT2D eigenvalue weighted by Gasteiger charge is 2.06. The first kappa shape index (κ1) is 14.0. The molecule has 3 nitrogen and oxygen atoms in total. The van der Waals surface area contributed by atoms with E-state index in [9.17, 15) is 4.79 Å². The van der Waals surface area contributed by atoms with Crippen molar-refractivity contribution >= 4 is 17.6 Å². The Kier molecular flexibility index (Phi) is 5.18. The Hall–Kier alpha value is -2.03. The summed E-state index contributed by atoms with van der Waals surface area (Å²) >= 11 is 0. The summed E-state index contributed by atoms with van der Waals surface area (Å²) in [5.74, 6) is 0.758. The van der Waals surface area contributed by atoms with Gasteiger partial charge in [-0.3, -0.25) is 4.79 Å². The van der Waals surface area contributed by atoms with Crippen LogP contribution in [0.4, 0.5) is 0 Å². The fraction of sp³-hybridized carbons (Fsp3) is 0.267. The van der Waals surface area contributed by atoms with Gasteiger partial charge in [-0.15, -0.1) is 0 Å². The number of carbonyl (C=O) groups is 1. The Morgan fingerprint density at radius 2 is 2.22 bits per heavy atom. The molecule has 0 aliphatic rings. The third-order valence-electron chi connectivity index (χ3n) is 2.66. The molecule has 0 saturated heterocycles. The van der Waals surface area contributed by atoms with Crippen LogP contribution in [0.15, 0.2) is 31.4 Å². The van der Waals surface area contributed by atoms with E-state index in [-0.39, 0.29) is 5.91 Å². The molecule has 0 unspecified atom stereocenters. The second-order valence-corrected chi connectivity index (χ2v) is 3.99. The summed E-state index contributed by atoms with van der Waals surface area (Å²) in [6, 6.07) is 5.78. The van der Waals surface area contributed by atoms with Crippen LogP contribution in [0.3, 0.4) is 0 Å². The maximum Gasteiger partial charge on any atom is 0.216 e. The first-order valence-corrected chi connectivity index (χ1v) is 5.81. The Morgan fingerprint density at radius 1 is 1.50 bits per heavy atom. The van der Waals surface area contributed by atoms with Crippen molar-refractivity contribution in [3.63, 3.8) is 0 Å². The Bertz CT molecular complexity index is 464. The average Bonchev–Trinajstić information content (AvgIpc) is 2.37. The van der Waals surface area contributed by atoms with Crippen molar-refractivity contribution in [1.29, 1.82) is 0 Å². The Balaban J connectivity index is 2.82. The van der Waals surface area contributed by atoms with E-state index >= 15 is 0 Å². The van der Waals surface area contributed by atoms with Gasteiger partial charge in [0.2, 0.25) is 5.91 Å². The van der Waals surface area contributed by atoms with Gasteiger partial charge in [-0.25, -0.2) is 0 Å². The summed E-state index contributed by atoms with van der Waals surface area (Å²) in [5.41, 5.74) is 2.98. The zero-order valence-electron chi connectivity index (χ0n) is 11.0. The Morgan fingerprint density at radius 3 is 2.78 bits per heavy atom. The summed E-state index contributed by atoms with van der Waals surface area (Å²) in [5, 5.41) is 2.76. The van der Waals surface area contributed by atoms with E-state index in [1.165, 1.54) is 6.92 Å². The molecular weight excluding hydrogens is 226 g/mol. The molecule has 0 bridgehead atoms. The molecule has 0 aliphatic heterocycles. The maximum absolute atomic E-state index is 10.8. The molecule has 0 aromatic heterocycles. The largest absolute Gasteiger partial charge is 0.497 e. The van der Waals surface area contributed by atoms with Crippen molar-refractivity contribution in [2.45, 2.75) is 13.3 Å². The Labute approximate surface area is 108 Å². The predicted octanol–water partition coefficient (Wildman–Crippen LogP) is 2.88. The molecule has 1 N–H and O–H groups in total. The molecule has 18 heavy (non-hydrogen) atoms. The van der Waals surface area contributed by atoms with Gasteiger partial charge < -0.3 is 10.1 Å². The SMILES string of the molecule is C=Cc1ccc(OC)cc1C(=C)CCNC(C)=O. The molecule has 0 atom stereocenters. The summed E-state index contributed by atoms with van der Waals surface area (Å²) in [7, 11) is 1.63. The van der Waals surface area contributed by atoms with Gasteiger partial charge in [0, 0.05) is 13.5 Å². The van der Waals surface area contributed by atoms with Crippen molar-refractivity contribution in [1.82, 2.24) is 5.32 Å². The second kappa shape index (κ2) is 6.64. The molecule has 0 heterocycles. The summed E-state index contributed by atoms with van der Waals surface area (Å²) in [4.78, 5) is 10.8. The lowest BCUT2D eigenvalue weighted by Gasteiger charge is -2.11. The van der Waals surface area contributed by atoms with Crippen LogP contribution in [-0.4, -0.2) is 19.6 Å². The zero-order chi connectivity index (χ0) is 13.5. The number of methoxy groups -OCH3 is 1. The number of carbonyl (C=O) groups excluding carboxylic acids is 1. The molecule has 0 saturated carbocycles. The summed E-state index contributed by atoms with van der Waals surface area (Å²) < 4.78 is 5.20. The topological polar surface area (TPSA) is 38.3 Å². The molecular formula is C15H19NO2. The number of nitrogens with one attached hydrogen (secondary N) is 1. The van der Waals surface area contributed by atoms with Gasteiger partial charge >= 0.3 is 0 Å². The van der Waals surface area contributed by atoms with Crippen LogP contribution in [0.1, 0.15) is 24.5 Å². The van der Waals surface area contributed by atoms with E-state index in [0.717, 1.165) is 22.4 Å². The third-order valence-corrected chi connectivity index (χ3v) is 2.66. The summed E-state index contributed by atoms with van der Waals surface area (Å²) in [6.45, 7) is 9.93. The minimum Gasteiger partial charge on any atom is -0.497 e. The van der Waals surface area contributed by atoms with Crippen molar-refractivity contribution in [3.8, 4) is 5.75 Å². The van der Waals surface area contributed by atoms with Crippen LogP contribution in [0, 0.1) is 0 Å². The zero-order valence-corrected chi connectivity index (χ0v) is 11.0. The lowest BCUT2D eigenvalue weighted by Crippen LogP contribution is -2.21. The molecule has 1 aromatic carbocycles. The van der Waals surface area contributed by atoms with Crippen LogP contribution in [0.2, 0.25) is 0 Å². The minimum absolute atomic E-state index is 0.0302. The molecule has 1 rings (SSSR count). The lowest BCUT2D eigenvalue weighted by molar-refractivity contribution is -0.118. The van der Waals surface area contributed by atoms with Gasteiger partial charge in [-0.05, 0) is 35.3 Å². The van der Waals surface area contributed by atoms with E-state index in [4.69, 9.17) is 4.74 Å². The van der Waals surface area contributed by atoms with Crippen LogP contribution in [-0.2, 0) is 4.79 Å². The van der Waals surface area contributed by atoms with Gasteiger partial charge in [-0.2, -0.15) is 0 Å². The minimum atomic E-state index is -0.0302. The van der Waals surface area contributed by atoms with Crippen molar-refractivity contribution in [2.24, 2.45) is 0 Å². The van der Waals surface area contributed by atoms with Crippen molar-refractivity contribution < 1.29 is 9.53 Å². The van der Waals surface area contributed by atoms with E-state index in [0.29, 0.717) is 13.0 Å². The molecule has 3 heteroatoms. The van der Waals surface area contributed by atoms with Crippen molar-refractivity contribution in [2.75, 3.05) is 13.7 Å². The lowest BCUT2D eigenvalue weighted by atomic mass is 9.98. The number of hydrogen-bond donors (Lipinski definition) is 1. The number of benzene rings is 1. The van der Waals surface area contributed by atoms with E-state index in [1.54, 1.807) is 13.2 Å². The fourth-order valence-electron chi connectivity index (χ4n) is 1.67. The highest BCUT2D eigenvalue weighted by Crippen LogP contribution is 2.26. The van der Waals surface area contributed by atoms with E-state index < -0.39 is 0 Å². The number of hydrogen-bond acceptors (Lipinski definition) is 2. The molecule has 0 spiro atoms. The predicted molar refractivity (Wildman–Crippen MR) is 75.4 cm³/mol. The molecule has 96 valence electrons. The van der Waals surface area contributed by atoms with Crippen LogP contribution in [0.25, 0.3) is 11.6 Å². The molecule has 1 amide bonds. The quantitative estimate of drug-likeness (QED) is 0.837. The van der Waals surface area contributed by atoms with Gasteiger partial charge in [0.1, 0.15) is 5.75 Å². The summed E-state index contributed by atoms with van der Waals surface area (Å²) in [6.07, 6.45) is 2.49. The first-order valence-electron chi connectivity index (χ1n) is 5.81. The number of rotatable bonds is 6. The highest BCUT2D eigenvalue weighted by atomic mass is 16.5. The van der Waals surface area contributed by atoms with Gasteiger partial charge in [0.25, 0.3) is 0 Å². The third kappa shape index (κ3) is 3.77. The van der Waals surface area contributed by atoms with Crippen LogP contribution >= 0.6 is 0 Å². The molecule has 1 aromatic rings. The van der Waals surface area contributed by atoms with Gasteiger partial charge in [-0.1, -0.05) is 25.3 Å². The smallest absolute Gasteiger partial charge is 0.216 e. The van der Waals surface area contributed by atoms with Crippen LogP contribution in [0.5, 0.6) is 5.75 Å². The van der Waals surface area contributed by atoms with Gasteiger partial charge in [0.05, 0.1) is 7.11 Å². The highest BCUT2D eigenvalue weighted by molar-refractivity contribution is 5.75. The molecule has 0 fully saturated rings. The van der Waals surface area contributed by atoms with Crippen LogP contribution < -0.4 is 10.1 Å². The molecule has 0 radical (unpaired) electrons. The normalized spacial score (nSPS) is 9.67. The van der Waals surface area contributed by atoms with E-state index in [1.807, 2.05) is 18.2 Å².